The summed E-state index contributed by atoms with van der Waals surface area (Å²) < 4.78 is 5.83. The van der Waals surface area contributed by atoms with Gasteiger partial charge in [-0.1, -0.05) is 19.8 Å². The molecule has 0 aromatic rings. The Labute approximate surface area is 124 Å². The molecule has 2 heterocycles. The molecule has 3 aliphatic rings. The number of hydrogen-bond donors (Lipinski definition) is 1. The minimum absolute atomic E-state index is 0.475. The second-order valence-corrected chi connectivity index (χ2v) is 7.13. The zero-order valence-electron chi connectivity index (χ0n) is 13.3. The van der Waals surface area contributed by atoms with Gasteiger partial charge in [0.2, 0.25) is 0 Å². The van der Waals surface area contributed by atoms with Crippen molar-refractivity contribution >= 4 is 0 Å². The van der Waals surface area contributed by atoms with Gasteiger partial charge in [0.05, 0.1) is 6.10 Å². The standard InChI is InChI=1S/C17H32N2O/c1-3-10-19(16-6-4-5-7-17(16)20-2)15-11-13-8-9-14(12-15)18-13/h13-18H,3-12H2,1-2H3. The lowest BCUT2D eigenvalue weighted by Crippen LogP contribution is -2.55. The predicted molar refractivity (Wildman–Crippen MR) is 83.0 cm³/mol. The van der Waals surface area contributed by atoms with Crippen LogP contribution in [-0.4, -0.2) is 48.8 Å². The van der Waals surface area contributed by atoms with Crippen LogP contribution in [0.3, 0.4) is 0 Å². The summed E-state index contributed by atoms with van der Waals surface area (Å²) in [6, 6.07) is 3.07. The fourth-order valence-electron chi connectivity index (χ4n) is 4.91. The van der Waals surface area contributed by atoms with Crippen molar-refractivity contribution in [2.75, 3.05) is 13.7 Å². The topological polar surface area (TPSA) is 24.5 Å². The molecular weight excluding hydrogens is 248 g/mol. The van der Waals surface area contributed by atoms with Crippen molar-refractivity contribution in [3.63, 3.8) is 0 Å². The summed E-state index contributed by atoms with van der Waals surface area (Å²) in [5.74, 6) is 0. The molecule has 4 atom stereocenters. The first kappa shape index (κ1) is 14.8. The number of methoxy groups -OCH3 is 1. The van der Waals surface area contributed by atoms with Crippen LogP contribution in [0.15, 0.2) is 0 Å². The van der Waals surface area contributed by atoms with E-state index in [0.717, 1.165) is 18.1 Å². The minimum atomic E-state index is 0.475. The molecule has 3 fully saturated rings. The van der Waals surface area contributed by atoms with E-state index in [2.05, 4.69) is 17.1 Å². The number of fused-ring (bicyclic) bond motifs is 2. The SMILES string of the molecule is CCCN(C1CC2CCC(C1)N2)C1CCCCC1OC. The van der Waals surface area contributed by atoms with Crippen molar-refractivity contribution in [1.82, 2.24) is 10.2 Å². The Morgan fingerprint density at radius 3 is 2.40 bits per heavy atom. The van der Waals surface area contributed by atoms with Crippen LogP contribution in [-0.2, 0) is 4.74 Å². The van der Waals surface area contributed by atoms with Crippen LogP contribution in [0.4, 0.5) is 0 Å². The molecule has 0 aromatic carbocycles. The average molecular weight is 280 g/mol. The number of piperidine rings is 1. The highest BCUT2D eigenvalue weighted by Gasteiger charge is 2.40. The van der Waals surface area contributed by atoms with Gasteiger partial charge in [-0.25, -0.2) is 0 Å². The average Bonchev–Trinajstić information content (AvgIpc) is 2.83. The monoisotopic (exact) mass is 280 g/mol. The van der Waals surface area contributed by atoms with E-state index >= 15 is 0 Å². The van der Waals surface area contributed by atoms with E-state index in [9.17, 15) is 0 Å². The van der Waals surface area contributed by atoms with Gasteiger partial charge < -0.3 is 10.1 Å². The second kappa shape index (κ2) is 6.76. The van der Waals surface area contributed by atoms with Crippen molar-refractivity contribution in [2.24, 2.45) is 0 Å². The molecule has 0 radical (unpaired) electrons. The molecule has 0 spiro atoms. The van der Waals surface area contributed by atoms with Crippen LogP contribution in [0.5, 0.6) is 0 Å². The first-order valence-corrected chi connectivity index (χ1v) is 8.86. The minimum Gasteiger partial charge on any atom is -0.380 e. The largest absolute Gasteiger partial charge is 0.380 e. The fraction of sp³-hybridized carbons (Fsp3) is 1.00. The summed E-state index contributed by atoms with van der Waals surface area (Å²) in [5, 5.41) is 3.79. The summed E-state index contributed by atoms with van der Waals surface area (Å²) in [4.78, 5) is 2.85. The van der Waals surface area contributed by atoms with Crippen molar-refractivity contribution in [3.8, 4) is 0 Å². The van der Waals surface area contributed by atoms with Crippen molar-refractivity contribution in [2.45, 2.75) is 95.0 Å². The number of rotatable bonds is 5. The maximum atomic E-state index is 5.83. The first-order chi connectivity index (χ1) is 9.81. The molecule has 1 N–H and O–H groups in total. The second-order valence-electron chi connectivity index (χ2n) is 7.13. The van der Waals surface area contributed by atoms with Gasteiger partial charge in [-0.2, -0.15) is 0 Å². The highest BCUT2D eigenvalue weighted by Crippen LogP contribution is 2.34. The van der Waals surface area contributed by atoms with Crippen LogP contribution in [0, 0.1) is 0 Å². The summed E-state index contributed by atoms with van der Waals surface area (Å²) in [7, 11) is 1.92. The zero-order chi connectivity index (χ0) is 13.9. The lowest BCUT2D eigenvalue weighted by molar-refractivity contribution is -0.0350. The molecule has 2 bridgehead atoms. The molecule has 3 nitrogen and oxygen atoms in total. The van der Waals surface area contributed by atoms with Crippen LogP contribution in [0.2, 0.25) is 0 Å². The third kappa shape index (κ3) is 3.05. The molecule has 2 aliphatic heterocycles. The Morgan fingerprint density at radius 1 is 1.05 bits per heavy atom. The van der Waals surface area contributed by atoms with Gasteiger partial charge in [-0.3, -0.25) is 4.90 Å². The third-order valence-electron chi connectivity index (χ3n) is 5.80. The van der Waals surface area contributed by atoms with Gasteiger partial charge in [0.15, 0.2) is 0 Å². The Kier molecular flexibility index (Phi) is 5.00. The van der Waals surface area contributed by atoms with Crippen LogP contribution in [0.1, 0.15) is 64.7 Å². The summed E-state index contributed by atoms with van der Waals surface area (Å²) in [6.45, 7) is 3.59. The van der Waals surface area contributed by atoms with E-state index in [1.165, 1.54) is 64.3 Å². The maximum Gasteiger partial charge on any atom is 0.0726 e. The smallest absolute Gasteiger partial charge is 0.0726 e. The van der Waals surface area contributed by atoms with Crippen molar-refractivity contribution in [3.05, 3.63) is 0 Å². The molecule has 1 aliphatic carbocycles. The zero-order valence-corrected chi connectivity index (χ0v) is 13.3. The number of nitrogens with one attached hydrogen (secondary N) is 1. The van der Waals surface area contributed by atoms with Crippen molar-refractivity contribution in [1.29, 1.82) is 0 Å². The molecule has 1 saturated carbocycles. The van der Waals surface area contributed by atoms with Gasteiger partial charge in [0, 0.05) is 31.3 Å². The van der Waals surface area contributed by atoms with Crippen LogP contribution in [0.25, 0.3) is 0 Å². The number of hydrogen-bond acceptors (Lipinski definition) is 3. The summed E-state index contributed by atoms with van der Waals surface area (Å²) >= 11 is 0. The Balaban J connectivity index is 1.70. The lowest BCUT2D eigenvalue weighted by atomic mass is 9.87. The van der Waals surface area contributed by atoms with Gasteiger partial charge in [-0.15, -0.1) is 0 Å². The predicted octanol–water partition coefficient (Wildman–Crippen LogP) is 2.94. The quantitative estimate of drug-likeness (QED) is 0.838. The maximum absolute atomic E-state index is 5.83. The number of ether oxygens (including phenoxy) is 1. The molecule has 0 aromatic heterocycles. The van der Waals surface area contributed by atoms with E-state index in [4.69, 9.17) is 4.74 Å². The van der Waals surface area contributed by atoms with E-state index in [1.807, 2.05) is 7.11 Å². The van der Waals surface area contributed by atoms with Gasteiger partial charge in [-0.05, 0) is 51.5 Å². The summed E-state index contributed by atoms with van der Waals surface area (Å²) in [6.07, 6.45) is 12.6. The van der Waals surface area contributed by atoms with E-state index in [1.54, 1.807) is 0 Å². The lowest BCUT2D eigenvalue weighted by Gasteiger charge is -2.46. The summed E-state index contributed by atoms with van der Waals surface area (Å²) in [5.41, 5.74) is 0. The van der Waals surface area contributed by atoms with Crippen LogP contribution < -0.4 is 5.32 Å². The van der Waals surface area contributed by atoms with Crippen LogP contribution >= 0.6 is 0 Å². The molecule has 116 valence electrons. The van der Waals surface area contributed by atoms with E-state index < -0.39 is 0 Å². The Bertz CT molecular complexity index is 297. The molecule has 2 saturated heterocycles. The first-order valence-electron chi connectivity index (χ1n) is 8.86. The van der Waals surface area contributed by atoms with E-state index in [-0.39, 0.29) is 0 Å². The fourth-order valence-corrected chi connectivity index (χ4v) is 4.91. The Hall–Kier alpha value is -0.120. The molecule has 3 rings (SSSR count). The third-order valence-corrected chi connectivity index (χ3v) is 5.80. The highest BCUT2D eigenvalue weighted by molar-refractivity contribution is 4.98. The van der Waals surface area contributed by atoms with Gasteiger partial charge in [0.1, 0.15) is 0 Å². The Morgan fingerprint density at radius 2 is 1.75 bits per heavy atom. The van der Waals surface area contributed by atoms with Crippen molar-refractivity contribution < 1.29 is 4.74 Å². The molecule has 4 unspecified atom stereocenters. The molecular formula is C17H32N2O. The normalized spacial score (nSPS) is 41.2. The molecule has 3 heteroatoms. The molecule has 20 heavy (non-hydrogen) atoms. The number of nitrogens with zero attached hydrogens (tertiary/aromatic N) is 1. The highest BCUT2D eigenvalue weighted by atomic mass is 16.5. The van der Waals surface area contributed by atoms with Gasteiger partial charge in [0.25, 0.3) is 0 Å². The molecule has 0 amide bonds. The van der Waals surface area contributed by atoms with E-state index in [0.29, 0.717) is 12.1 Å². The van der Waals surface area contributed by atoms with Gasteiger partial charge >= 0.3 is 0 Å².